The molecule has 0 spiro atoms. The van der Waals surface area contributed by atoms with Crippen LogP contribution in [-0.4, -0.2) is 13.1 Å². The van der Waals surface area contributed by atoms with Crippen LogP contribution < -0.4 is 11.5 Å². The monoisotopic (exact) mass is 310 g/mol. The Hall–Kier alpha value is -2.70. The molecule has 0 radical (unpaired) electrons. The van der Waals surface area contributed by atoms with Gasteiger partial charge >= 0.3 is 12.1 Å². The Bertz CT molecular complexity index is 710. The summed E-state index contributed by atoms with van der Waals surface area (Å²) in [5.74, 6) is -0.803. The Morgan fingerprint density at radius 1 is 1.09 bits per heavy atom. The van der Waals surface area contributed by atoms with Crippen LogP contribution in [0.1, 0.15) is 15.9 Å². The minimum absolute atomic E-state index is 0.123. The van der Waals surface area contributed by atoms with E-state index >= 15 is 0 Å². The molecule has 0 aliphatic rings. The van der Waals surface area contributed by atoms with Crippen LogP contribution in [0.3, 0.4) is 0 Å². The lowest BCUT2D eigenvalue weighted by Gasteiger charge is -2.16. The summed E-state index contributed by atoms with van der Waals surface area (Å²) >= 11 is 0. The van der Waals surface area contributed by atoms with Gasteiger partial charge in [0.2, 0.25) is 0 Å². The predicted molar refractivity (Wildman–Crippen MR) is 77.0 cm³/mol. The van der Waals surface area contributed by atoms with E-state index < -0.39 is 17.7 Å². The molecule has 0 fully saturated rings. The highest BCUT2D eigenvalue weighted by Crippen LogP contribution is 2.39. The van der Waals surface area contributed by atoms with Gasteiger partial charge in [0.15, 0.2) is 0 Å². The smallest absolute Gasteiger partial charge is 0.417 e. The fourth-order valence-corrected chi connectivity index (χ4v) is 2.04. The topological polar surface area (TPSA) is 78.3 Å². The van der Waals surface area contributed by atoms with Gasteiger partial charge < -0.3 is 16.2 Å². The Balaban J connectivity index is 2.72. The summed E-state index contributed by atoms with van der Waals surface area (Å²) in [7, 11) is 1.13. The van der Waals surface area contributed by atoms with E-state index in [0.717, 1.165) is 19.2 Å². The second kappa shape index (κ2) is 5.59. The third-order valence-corrected chi connectivity index (χ3v) is 3.12. The lowest BCUT2D eigenvalue weighted by atomic mass is 9.95. The fraction of sp³-hybridized carbons (Fsp3) is 0.133. The first-order valence-electron chi connectivity index (χ1n) is 6.19. The molecule has 0 heterocycles. The van der Waals surface area contributed by atoms with Crippen LogP contribution in [0.25, 0.3) is 11.1 Å². The van der Waals surface area contributed by atoms with Crippen molar-refractivity contribution in [3.63, 3.8) is 0 Å². The van der Waals surface area contributed by atoms with E-state index in [1.807, 2.05) is 0 Å². The molecule has 0 saturated carbocycles. The van der Waals surface area contributed by atoms with Gasteiger partial charge in [-0.15, -0.1) is 0 Å². The van der Waals surface area contributed by atoms with E-state index in [4.69, 9.17) is 11.5 Å². The van der Waals surface area contributed by atoms with Crippen molar-refractivity contribution < 1.29 is 22.7 Å². The highest BCUT2D eigenvalue weighted by atomic mass is 19.4. The van der Waals surface area contributed by atoms with Gasteiger partial charge in [-0.2, -0.15) is 13.2 Å². The Labute approximate surface area is 124 Å². The number of rotatable bonds is 2. The molecule has 0 unspecified atom stereocenters. The van der Waals surface area contributed by atoms with Crippen molar-refractivity contribution in [2.75, 3.05) is 18.6 Å². The summed E-state index contributed by atoms with van der Waals surface area (Å²) in [6, 6.07) is 7.65. The van der Waals surface area contributed by atoms with E-state index in [1.165, 1.54) is 24.3 Å². The van der Waals surface area contributed by atoms with Crippen molar-refractivity contribution in [1.82, 2.24) is 0 Å². The molecule has 0 amide bonds. The zero-order valence-electron chi connectivity index (χ0n) is 11.6. The van der Waals surface area contributed by atoms with E-state index in [0.29, 0.717) is 5.69 Å². The summed E-state index contributed by atoms with van der Waals surface area (Å²) < 4.78 is 44.2. The van der Waals surface area contributed by atoms with Crippen LogP contribution in [0, 0.1) is 0 Å². The first kappa shape index (κ1) is 15.7. The average molecular weight is 310 g/mol. The second-order valence-electron chi connectivity index (χ2n) is 4.60. The largest absolute Gasteiger partial charge is 0.465 e. The van der Waals surface area contributed by atoms with Crippen LogP contribution in [0.2, 0.25) is 0 Å². The number of hydrogen-bond acceptors (Lipinski definition) is 4. The van der Waals surface area contributed by atoms with Gasteiger partial charge in [-0.05, 0) is 35.4 Å². The summed E-state index contributed by atoms with van der Waals surface area (Å²) in [6.45, 7) is 0. The standard InChI is InChI=1S/C15H13F3N2O2/c1-22-14(21)11-6-10(8-2-4-9(19)5-3-8)12(7-13(11)20)15(16,17)18/h2-7H,19-20H2,1H3. The SMILES string of the molecule is COC(=O)c1cc(-c2ccc(N)cc2)c(C(F)(F)F)cc1N. The normalized spacial score (nSPS) is 11.3. The highest BCUT2D eigenvalue weighted by molar-refractivity contribution is 5.97. The van der Waals surface area contributed by atoms with Crippen LogP contribution in [0.15, 0.2) is 36.4 Å². The number of esters is 1. The molecule has 0 atom stereocenters. The molecule has 22 heavy (non-hydrogen) atoms. The number of carbonyl (C=O) groups excluding carboxylic acids is 1. The van der Waals surface area contributed by atoms with Crippen molar-refractivity contribution in [1.29, 1.82) is 0 Å². The quantitative estimate of drug-likeness (QED) is 0.659. The number of ether oxygens (including phenoxy) is 1. The molecular weight excluding hydrogens is 297 g/mol. The Morgan fingerprint density at radius 2 is 1.68 bits per heavy atom. The van der Waals surface area contributed by atoms with Gasteiger partial charge in [0.1, 0.15) is 0 Å². The maximum atomic E-state index is 13.2. The molecule has 2 rings (SSSR count). The third-order valence-electron chi connectivity index (χ3n) is 3.12. The average Bonchev–Trinajstić information content (AvgIpc) is 2.46. The number of methoxy groups -OCH3 is 1. The molecule has 116 valence electrons. The Kier molecular flexibility index (Phi) is 3.99. The molecule has 4 nitrogen and oxygen atoms in total. The molecule has 0 aliphatic carbocycles. The second-order valence-corrected chi connectivity index (χ2v) is 4.60. The van der Waals surface area contributed by atoms with E-state index in [-0.39, 0.29) is 22.4 Å². The number of anilines is 2. The minimum Gasteiger partial charge on any atom is -0.465 e. The van der Waals surface area contributed by atoms with Crippen LogP contribution in [0.4, 0.5) is 24.5 Å². The number of halogens is 3. The van der Waals surface area contributed by atoms with Gasteiger partial charge in [-0.3, -0.25) is 0 Å². The first-order chi connectivity index (χ1) is 10.2. The van der Waals surface area contributed by atoms with Crippen LogP contribution in [0.5, 0.6) is 0 Å². The lowest BCUT2D eigenvalue weighted by molar-refractivity contribution is -0.137. The summed E-state index contributed by atoms with van der Waals surface area (Å²) in [5, 5.41) is 0. The van der Waals surface area contributed by atoms with Gasteiger partial charge in [0.25, 0.3) is 0 Å². The van der Waals surface area contributed by atoms with E-state index in [9.17, 15) is 18.0 Å². The Morgan fingerprint density at radius 3 is 2.18 bits per heavy atom. The van der Waals surface area contributed by atoms with Crippen LogP contribution >= 0.6 is 0 Å². The number of hydrogen-bond donors (Lipinski definition) is 2. The van der Waals surface area contributed by atoms with Gasteiger partial charge in [0.05, 0.1) is 18.2 Å². The zero-order chi connectivity index (χ0) is 16.5. The summed E-state index contributed by atoms with van der Waals surface area (Å²) in [5.41, 5.74) is 10.3. The zero-order valence-corrected chi connectivity index (χ0v) is 11.6. The maximum absolute atomic E-state index is 13.2. The van der Waals surface area contributed by atoms with Gasteiger partial charge in [-0.25, -0.2) is 4.79 Å². The van der Waals surface area contributed by atoms with Crippen LogP contribution in [-0.2, 0) is 10.9 Å². The summed E-state index contributed by atoms with van der Waals surface area (Å²) in [6.07, 6.45) is -4.61. The highest BCUT2D eigenvalue weighted by Gasteiger charge is 2.35. The fourth-order valence-electron chi connectivity index (χ4n) is 2.04. The lowest BCUT2D eigenvalue weighted by Crippen LogP contribution is -2.12. The molecule has 0 bridgehead atoms. The van der Waals surface area contributed by atoms with E-state index in [2.05, 4.69) is 4.74 Å². The maximum Gasteiger partial charge on any atom is 0.417 e. The molecule has 2 aromatic rings. The molecule has 0 aliphatic heterocycles. The summed E-state index contributed by atoms with van der Waals surface area (Å²) in [4.78, 5) is 11.6. The third kappa shape index (κ3) is 2.98. The molecule has 7 heteroatoms. The van der Waals surface area contributed by atoms with Crippen molar-refractivity contribution in [2.45, 2.75) is 6.18 Å². The number of benzene rings is 2. The van der Waals surface area contributed by atoms with Crippen molar-refractivity contribution in [2.24, 2.45) is 0 Å². The number of nitrogens with two attached hydrogens (primary N) is 2. The van der Waals surface area contributed by atoms with Crippen molar-refractivity contribution >= 4 is 17.3 Å². The van der Waals surface area contributed by atoms with Crippen molar-refractivity contribution in [3.8, 4) is 11.1 Å². The van der Waals surface area contributed by atoms with E-state index in [1.54, 1.807) is 0 Å². The molecule has 0 aromatic heterocycles. The number of nitrogen functional groups attached to an aromatic ring is 2. The first-order valence-corrected chi connectivity index (χ1v) is 6.19. The minimum atomic E-state index is -4.61. The molecular formula is C15H13F3N2O2. The van der Waals surface area contributed by atoms with Gasteiger partial charge in [-0.1, -0.05) is 12.1 Å². The van der Waals surface area contributed by atoms with Gasteiger partial charge in [0, 0.05) is 11.4 Å². The van der Waals surface area contributed by atoms with Crippen molar-refractivity contribution in [3.05, 3.63) is 47.5 Å². The number of carbonyl (C=O) groups is 1. The molecule has 2 aromatic carbocycles. The molecule has 0 saturated heterocycles. The predicted octanol–water partition coefficient (Wildman–Crippen LogP) is 3.32. The number of alkyl halides is 3. The molecule has 4 N–H and O–H groups in total.